The first-order valence-corrected chi connectivity index (χ1v) is 12.5. The zero-order valence-corrected chi connectivity index (χ0v) is 21.3. The van der Waals surface area contributed by atoms with Gasteiger partial charge in [0.25, 0.3) is 0 Å². The minimum absolute atomic E-state index is 0.132. The van der Waals surface area contributed by atoms with E-state index in [0.29, 0.717) is 23.2 Å². The van der Waals surface area contributed by atoms with Crippen molar-refractivity contribution in [2.24, 2.45) is 5.92 Å². The van der Waals surface area contributed by atoms with E-state index in [-0.39, 0.29) is 17.6 Å². The number of benzene rings is 3. The van der Waals surface area contributed by atoms with Gasteiger partial charge in [0.1, 0.15) is 11.6 Å². The minimum Gasteiger partial charge on any atom is -0.493 e. The van der Waals surface area contributed by atoms with Gasteiger partial charge in [-0.25, -0.2) is 8.78 Å². The third kappa shape index (κ3) is 6.16. The van der Waals surface area contributed by atoms with E-state index in [9.17, 15) is 8.78 Å². The van der Waals surface area contributed by atoms with E-state index in [1.807, 2.05) is 36.4 Å². The van der Waals surface area contributed by atoms with Crippen molar-refractivity contribution in [2.75, 3.05) is 41.0 Å². The van der Waals surface area contributed by atoms with Crippen LogP contribution in [0.4, 0.5) is 8.78 Å². The fourth-order valence-corrected chi connectivity index (χ4v) is 5.37. The zero-order valence-electron chi connectivity index (χ0n) is 21.3. The van der Waals surface area contributed by atoms with Crippen LogP contribution in [0.3, 0.4) is 0 Å². The molecule has 0 N–H and O–H groups in total. The standard InChI is InChI=1S/C30H35F2NO3/c1-34-27-19-21(20-28(35-2)30(27)36-3)5-4-16-33-17-14-24(15-18-33)29(22-6-10-25(31)11-7-22)23-8-12-26(32)13-9-23/h6-13,19-20,24,29H,4-5,14-18H2,1-3H3. The van der Waals surface area contributed by atoms with E-state index in [2.05, 4.69) is 4.90 Å². The van der Waals surface area contributed by atoms with E-state index < -0.39 is 0 Å². The monoisotopic (exact) mass is 495 g/mol. The molecule has 0 aliphatic carbocycles. The Labute approximate surface area is 212 Å². The minimum atomic E-state index is -0.237. The molecule has 0 amide bonds. The van der Waals surface area contributed by atoms with Crippen LogP contribution < -0.4 is 14.2 Å². The fraction of sp³-hybridized carbons (Fsp3) is 0.400. The largest absolute Gasteiger partial charge is 0.493 e. The molecule has 3 aromatic rings. The number of halogens is 2. The SMILES string of the molecule is COc1cc(CCCN2CCC(C(c3ccc(F)cc3)c3ccc(F)cc3)CC2)cc(OC)c1OC. The van der Waals surface area contributed by atoms with Crippen molar-refractivity contribution in [2.45, 2.75) is 31.6 Å². The van der Waals surface area contributed by atoms with Crippen LogP contribution in [0.25, 0.3) is 0 Å². The topological polar surface area (TPSA) is 30.9 Å². The molecule has 0 unspecified atom stereocenters. The summed E-state index contributed by atoms with van der Waals surface area (Å²) in [6, 6.07) is 17.6. The number of hydrogen-bond donors (Lipinski definition) is 0. The lowest BCUT2D eigenvalue weighted by Gasteiger charge is -2.36. The van der Waals surface area contributed by atoms with Gasteiger partial charge in [0, 0.05) is 5.92 Å². The summed E-state index contributed by atoms with van der Waals surface area (Å²) in [6.07, 6.45) is 4.04. The summed E-state index contributed by atoms with van der Waals surface area (Å²) >= 11 is 0. The van der Waals surface area contributed by atoms with Crippen molar-refractivity contribution >= 4 is 0 Å². The van der Waals surface area contributed by atoms with Crippen LogP contribution >= 0.6 is 0 Å². The molecule has 0 spiro atoms. The lowest BCUT2D eigenvalue weighted by atomic mass is 9.76. The average molecular weight is 496 g/mol. The maximum atomic E-state index is 13.6. The maximum absolute atomic E-state index is 13.6. The number of nitrogens with zero attached hydrogens (tertiary/aromatic N) is 1. The molecule has 0 saturated carbocycles. The molecule has 4 rings (SSSR count). The summed E-state index contributed by atoms with van der Waals surface area (Å²) < 4.78 is 43.6. The van der Waals surface area contributed by atoms with Crippen LogP contribution in [0.1, 0.15) is 41.9 Å². The molecule has 192 valence electrons. The van der Waals surface area contributed by atoms with Crippen LogP contribution in [0.2, 0.25) is 0 Å². The second-order valence-corrected chi connectivity index (χ2v) is 9.40. The Hall–Kier alpha value is -3.12. The number of likely N-dealkylation sites (tertiary alicyclic amines) is 1. The molecular weight excluding hydrogens is 460 g/mol. The molecular formula is C30H35F2NO3. The molecule has 1 aliphatic rings. The first-order chi connectivity index (χ1) is 17.5. The highest BCUT2D eigenvalue weighted by atomic mass is 19.1. The summed E-state index contributed by atoms with van der Waals surface area (Å²) in [6.45, 7) is 3.04. The van der Waals surface area contributed by atoms with Gasteiger partial charge in [-0.3, -0.25) is 0 Å². The number of methoxy groups -OCH3 is 3. The van der Waals surface area contributed by atoms with Crippen LogP contribution in [0, 0.1) is 17.6 Å². The van der Waals surface area contributed by atoms with Crippen molar-refractivity contribution in [1.82, 2.24) is 4.90 Å². The summed E-state index contributed by atoms with van der Waals surface area (Å²) in [5.41, 5.74) is 3.33. The summed E-state index contributed by atoms with van der Waals surface area (Å²) in [5.74, 6) is 2.06. The van der Waals surface area contributed by atoms with Gasteiger partial charge in [-0.1, -0.05) is 24.3 Å². The van der Waals surface area contributed by atoms with E-state index in [4.69, 9.17) is 14.2 Å². The molecule has 1 saturated heterocycles. The van der Waals surface area contributed by atoms with Crippen LogP contribution in [-0.2, 0) is 6.42 Å². The Balaban J connectivity index is 1.37. The van der Waals surface area contributed by atoms with Crippen molar-refractivity contribution in [3.63, 3.8) is 0 Å². The average Bonchev–Trinajstić information content (AvgIpc) is 2.91. The van der Waals surface area contributed by atoms with Gasteiger partial charge in [0.05, 0.1) is 21.3 Å². The van der Waals surface area contributed by atoms with Crippen molar-refractivity contribution in [3.8, 4) is 17.2 Å². The predicted molar refractivity (Wildman–Crippen MR) is 138 cm³/mol. The Kier molecular flexibility index (Phi) is 8.81. The zero-order chi connectivity index (χ0) is 25.5. The lowest BCUT2D eigenvalue weighted by Crippen LogP contribution is -2.36. The number of ether oxygens (including phenoxy) is 3. The summed E-state index contributed by atoms with van der Waals surface area (Å²) in [5, 5.41) is 0. The molecule has 1 aliphatic heterocycles. The number of hydrogen-bond acceptors (Lipinski definition) is 4. The molecule has 0 aromatic heterocycles. The van der Waals surface area contributed by atoms with Crippen LogP contribution in [-0.4, -0.2) is 45.9 Å². The lowest BCUT2D eigenvalue weighted by molar-refractivity contribution is 0.173. The maximum Gasteiger partial charge on any atom is 0.203 e. The second-order valence-electron chi connectivity index (χ2n) is 9.40. The summed E-state index contributed by atoms with van der Waals surface area (Å²) in [4.78, 5) is 2.51. The molecule has 36 heavy (non-hydrogen) atoms. The molecule has 3 aromatic carbocycles. The second kappa shape index (κ2) is 12.2. The highest BCUT2D eigenvalue weighted by Crippen LogP contribution is 2.39. The molecule has 1 fully saturated rings. The van der Waals surface area contributed by atoms with Gasteiger partial charge in [-0.05, 0) is 104 Å². The van der Waals surface area contributed by atoms with E-state index >= 15 is 0 Å². The molecule has 6 heteroatoms. The summed E-state index contributed by atoms with van der Waals surface area (Å²) in [7, 11) is 4.88. The predicted octanol–water partition coefficient (Wildman–Crippen LogP) is 6.47. The van der Waals surface area contributed by atoms with Gasteiger partial charge in [-0.2, -0.15) is 0 Å². The van der Waals surface area contributed by atoms with Crippen molar-refractivity contribution in [1.29, 1.82) is 0 Å². The van der Waals surface area contributed by atoms with Crippen molar-refractivity contribution < 1.29 is 23.0 Å². The molecule has 0 bridgehead atoms. The van der Waals surface area contributed by atoms with Gasteiger partial charge >= 0.3 is 0 Å². The Morgan fingerprint density at radius 2 is 1.28 bits per heavy atom. The normalized spacial score (nSPS) is 14.7. The van der Waals surface area contributed by atoms with Crippen molar-refractivity contribution in [3.05, 3.63) is 89.0 Å². The van der Waals surface area contributed by atoms with E-state index in [1.165, 1.54) is 24.3 Å². The Morgan fingerprint density at radius 1 is 0.778 bits per heavy atom. The highest BCUT2D eigenvalue weighted by Gasteiger charge is 2.29. The van der Waals surface area contributed by atoms with Gasteiger partial charge in [0.2, 0.25) is 5.75 Å². The van der Waals surface area contributed by atoms with Crippen LogP contribution in [0.15, 0.2) is 60.7 Å². The fourth-order valence-electron chi connectivity index (χ4n) is 5.37. The van der Waals surface area contributed by atoms with Gasteiger partial charge < -0.3 is 19.1 Å². The highest BCUT2D eigenvalue weighted by molar-refractivity contribution is 5.53. The van der Waals surface area contributed by atoms with Crippen LogP contribution in [0.5, 0.6) is 17.2 Å². The quantitative estimate of drug-likeness (QED) is 0.323. The first-order valence-electron chi connectivity index (χ1n) is 12.5. The Bertz CT molecular complexity index is 1040. The molecule has 0 radical (unpaired) electrons. The molecule has 4 nitrogen and oxygen atoms in total. The molecule has 1 heterocycles. The Morgan fingerprint density at radius 3 is 1.72 bits per heavy atom. The number of piperidine rings is 1. The van der Waals surface area contributed by atoms with Gasteiger partial charge in [0.15, 0.2) is 11.5 Å². The first kappa shape index (κ1) is 26.0. The molecule has 0 atom stereocenters. The van der Waals surface area contributed by atoms with E-state index in [1.54, 1.807) is 21.3 Å². The third-order valence-electron chi connectivity index (χ3n) is 7.23. The van der Waals surface area contributed by atoms with E-state index in [0.717, 1.165) is 62.0 Å². The smallest absolute Gasteiger partial charge is 0.203 e. The number of rotatable bonds is 10. The number of aryl methyl sites for hydroxylation is 1. The third-order valence-corrected chi connectivity index (χ3v) is 7.23. The van der Waals surface area contributed by atoms with Gasteiger partial charge in [-0.15, -0.1) is 0 Å².